The van der Waals surface area contributed by atoms with Crippen molar-refractivity contribution >= 4 is 23.2 Å². The van der Waals surface area contributed by atoms with Crippen LogP contribution in [0.5, 0.6) is 0 Å². The Bertz CT molecular complexity index is 487. The summed E-state index contributed by atoms with van der Waals surface area (Å²) in [4.78, 5) is 14.5. The van der Waals surface area contributed by atoms with E-state index in [2.05, 4.69) is 13.8 Å². The van der Waals surface area contributed by atoms with Gasteiger partial charge in [0.15, 0.2) is 0 Å². The normalized spacial score (nSPS) is 20.0. The van der Waals surface area contributed by atoms with Crippen LogP contribution >= 0.6 is 11.6 Å². The molecule has 20 heavy (non-hydrogen) atoms. The number of amides is 1. The van der Waals surface area contributed by atoms with Gasteiger partial charge in [-0.05, 0) is 49.3 Å². The quantitative estimate of drug-likeness (QED) is 0.843. The summed E-state index contributed by atoms with van der Waals surface area (Å²) in [6.45, 7) is 6.15. The first-order valence-electron chi connectivity index (χ1n) is 7.33. The lowest BCUT2D eigenvalue weighted by Crippen LogP contribution is -2.32. The van der Waals surface area contributed by atoms with Crippen LogP contribution in [0.1, 0.15) is 43.5 Å². The average molecular weight is 295 g/mol. The van der Waals surface area contributed by atoms with Gasteiger partial charge in [0.1, 0.15) is 0 Å². The molecule has 1 aromatic carbocycles. The van der Waals surface area contributed by atoms with Crippen LogP contribution in [0.25, 0.3) is 0 Å². The van der Waals surface area contributed by atoms with E-state index in [9.17, 15) is 4.79 Å². The van der Waals surface area contributed by atoms with Gasteiger partial charge in [0.05, 0.1) is 5.56 Å². The van der Waals surface area contributed by atoms with Gasteiger partial charge in [0.2, 0.25) is 0 Å². The van der Waals surface area contributed by atoms with E-state index >= 15 is 0 Å². The zero-order valence-electron chi connectivity index (χ0n) is 12.2. The van der Waals surface area contributed by atoms with Crippen molar-refractivity contribution in [1.29, 1.82) is 0 Å². The molecule has 3 nitrogen and oxygen atoms in total. The fourth-order valence-electron chi connectivity index (χ4n) is 2.88. The minimum Gasteiger partial charge on any atom is -0.398 e. The summed E-state index contributed by atoms with van der Waals surface area (Å²) in [5.41, 5.74) is 6.94. The maximum absolute atomic E-state index is 12.6. The molecule has 1 saturated heterocycles. The third-order valence-corrected chi connectivity index (χ3v) is 4.48. The third kappa shape index (κ3) is 3.45. The van der Waals surface area contributed by atoms with E-state index in [1.54, 1.807) is 18.2 Å². The molecule has 1 atom stereocenters. The number of nitrogens with zero attached hydrogens (tertiary/aromatic N) is 1. The molecule has 1 unspecified atom stereocenters. The van der Waals surface area contributed by atoms with Gasteiger partial charge in [-0.25, -0.2) is 0 Å². The predicted molar refractivity (Wildman–Crippen MR) is 83.9 cm³/mol. The van der Waals surface area contributed by atoms with E-state index < -0.39 is 0 Å². The molecule has 0 bridgehead atoms. The lowest BCUT2D eigenvalue weighted by atomic mass is 9.89. The summed E-state index contributed by atoms with van der Waals surface area (Å²) in [6.07, 6.45) is 3.34. The monoisotopic (exact) mass is 294 g/mol. The second kappa shape index (κ2) is 6.49. The molecule has 1 fully saturated rings. The van der Waals surface area contributed by atoms with Crippen LogP contribution in [0.2, 0.25) is 5.02 Å². The van der Waals surface area contributed by atoms with Gasteiger partial charge < -0.3 is 10.6 Å². The van der Waals surface area contributed by atoms with Gasteiger partial charge in [-0.3, -0.25) is 4.79 Å². The van der Waals surface area contributed by atoms with Crippen molar-refractivity contribution in [2.75, 3.05) is 18.8 Å². The van der Waals surface area contributed by atoms with Gasteiger partial charge in [-0.2, -0.15) is 0 Å². The van der Waals surface area contributed by atoms with Crippen LogP contribution in [-0.2, 0) is 0 Å². The van der Waals surface area contributed by atoms with Crippen LogP contribution in [0.15, 0.2) is 18.2 Å². The summed E-state index contributed by atoms with van der Waals surface area (Å²) in [6, 6.07) is 5.08. The highest BCUT2D eigenvalue weighted by Crippen LogP contribution is 2.26. The molecule has 1 aliphatic heterocycles. The number of hydrogen-bond donors (Lipinski definition) is 1. The first-order chi connectivity index (χ1) is 9.49. The Morgan fingerprint density at radius 1 is 1.35 bits per heavy atom. The number of carbonyl (C=O) groups is 1. The number of carbonyl (C=O) groups excluding carboxylic acids is 1. The fraction of sp³-hybridized carbons (Fsp3) is 0.562. The Labute approximate surface area is 126 Å². The summed E-state index contributed by atoms with van der Waals surface area (Å²) in [5, 5.41) is 0.553. The summed E-state index contributed by atoms with van der Waals surface area (Å²) in [7, 11) is 0. The fourth-order valence-corrected chi connectivity index (χ4v) is 3.05. The van der Waals surface area contributed by atoms with Crippen molar-refractivity contribution in [3.63, 3.8) is 0 Å². The van der Waals surface area contributed by atoms with Crippen LogP contribution in [0, 0.1) is 11.8 Å². The number of nitrogens with two attached hydrogens (primary N) is 1. The van der Waals surface area contributed by atoms with Crippen LogP contribution in [0.3, 0.4) is 0 Å². The van der Waals surface area contributed by atoms with Gasteiger partial charge in [-0.1, -0.05) is 25.4 Å². The molecular weight excluding hydrogens is 272 g/mol. The molecule has 2 rings (SSSR count). The van der Waals surface area contributed by atoms with E-state index in [1.165, 1.54) is 6.42 Å². The maximum atomic E-state index is 12.6. The molecule has 1 amide bonds. The van der Waals surface area contributed by atoms with Crippen LogP contribution in [-0.4, -0.2) is 23.9 Å². The van der Waals surface area contributed by atoms with Crippen molar-refractivity contribution in [2.45, 2.75) is 33.1 Å². The number of likely N-dealkylation sites (tertiary alicyclic amines) is 1. The summed E-state index contributed by atoms with van der Waals surface area (Å²) in [5.74, 6) is 1.40. The molecule has 0 aliphatic carbocycles. The van der Waals surface area contributed by atoms with Gasteiger partial charge in [0, 0.05) is 23.8 Å². The largest absolute Gasteiger partial charge is 0.398 e. The molecule has 0 saturated carbocycles. The SMILES string of the molecule is CC(C)C1CCCN(C(=O)c2cc(Cl)ccc2N)CC1. The van der Waals surface area contributed by atoms with Crippen LogP contribution < -0.4 is 5.73 Å². The van der Waals surface area contributed by atoms with Crippen LogP contribution in [0.4, 0.5) is 5.69 Å². The van der Waals surface area contributed by atoms with E-state index in [4.69, 9.17) is 17.3 Å². The maximum Gasteiger partial charge on any atom is 0.255 e. The number of nitrogen functional groups attached to an aromatic ring is 1. The second-order valence-corrected chi connectivity index (χ2v) is 6.40. The highest BCUT2D eigenvalue weighted by molar-refractivity contribution is 6.31. The highest BCUT2D eigenvalue weighted by atomic mass is 35.5. The minimum absolute atomic E-state index is 0.00871. The summed E-state index contributed by atoms with van der Waals surface area (Å²) >= 11 is 5.97. The Balaban J connectivity index is 2.11. The number of benzene rings is 1. The molecule has 4 heteroatoms. The Kier molecular flexibility index (Phi) is 4.92. The predicted octanol–water partition coefficient (Wildman–Crippen LogP) is 3.82. The van der Waals surface area contributed by atoms with E-state index in [0.717, 1.165) is 25.9 Å². The van der Waals surface area contributed by atoms with E-state index in [-0.39, 0.29) is 5.91 Å². The van der Waals surface area contributed by atoms with Crippen molar-refractivity contribution in [1.82, 2.24) is 4.90 Å². The van der Waals surface area contributed by atoms with Gasteiger partial charge in [0.25, 0.3) is 5.91 Å². The number of halogens is 1. The topological polar surface area (TPSA) is 46.3 Å². The molecule has 0 spiro atoms. The Morgan fingerprint density at radius 2 is 2.10 bits per heavy atom. The van der Waals surface area contributed by atoms with Crippen molar-refractivity contribution < 1.29 is 4.79 Å². The molecular formula is C16H23ClN2O. The standard InChI is InChI=1S/C16H23ClN2O/c1-11(2)12-4-3-8-19(9-7-12)16(20)14-10-13(17)5-6-15(14)18/h5-6,10-12H,3-4,7-9,18H2,1-2H3. The van der Waals surface area contributed by atoms with Crippen molar-refractivity contribution in [3.05, 3.63) is 28.8 Å². The molecule has 0 aromatic heterocycles. The number of rotatable bonds is 2. The Morgan fingerprint density at radius 3 is 2.80 bits per heavy atom. The van der Waals surface area contributed by atoms with Gasteiger partial charge >= 0.3 is 0 Å². The Hall–Kier alpha value is -1.22. The molecule has 1 heterocycles. The third-order valence-electron chi connectivity index (χ3n) is 4.25. The first kappa shape index (κ1) is 15.2. The minimum atomic E-state index is 0.00871. The van der Waals surface area contributed by atoms with E-state index in [1.807, 2.05) is 4.90 Å². The van der Waals surface area contributed by atoms with Crippen molar-refractivity contribution in [3.8, 4) is 0 Å². The number of hydrogen-bond acceptors (Lipinski definition) is 2. The molecule has 0 radical (unpaired) electrons. The molecule has 110 valence electrons. The molecule has 2 N–H and O–H groups in total. The zero-order chi connectivity index (χ0) is 14.7. The highest BCUT2D eigenvalue weighted by Gasteiger charge is 2.24. The second-order valence-electron chi connectivity index (χ2n) is 5.96. The van der Waals surface area contributed by atoms with Crippen molar-refractivity contribution in [2.24, 2.45) is 11.8 Å². The smallest absolute Gasteiger partial charge is 0.255 e. The molecule has 1 aliphatic rings. The van der Waals surface area contributed by atoms with Gasteiger partial charge in [-0.15, -0.1) is 0 Å². The summed E-state index contributed by atoms with van der Waals surface area (Å²) < 4.78 is 0. The lowest BCUT2D eigenvalue weighted by molar-refractivity contribution is 0.0760. The lowest BCUT2D eigenvalue weighted by Gasteiger charge is -2.22. The van der Waals surface area contributed by atoms with E-state index in [0.29, 0.717) is 28.1 Å². The first-order valence-corrected chi connectivity index (χ1v) is 7.71. The number of anilines is 1. The average Bonchev–Trinajstić information content (AvgIpc) is 2.66. The molecule has 1 aromatic rings. The zero-order valence-corrected chi connectivity index (χ0v) is 13.0.